The number of likely N-dealkylation sites (tertiary alicyclic amines) is 1. The fourth-order valence-electron chi connectivity index (χ4n) is 3.52. The summed E-state index contributed by atoms with van der Waals surface area (Å²) < 4.78 is 1.74. The van der Waals surface area contributed by atoms with Crippen molar-refractivity contribution in [3.63, 3.8) is 0 Å². The van der Waals surface area contributed by atoms with Crippen LogP contribution < -0.4 is 5.32 Å². The molecule has 1 aliphatic rings. The lowest BCUT2D eigenvalue weighted by Gasteiger charge is -2.14. The minimum absolute atomic E-state index is 0.0258. The molecule has 10 heteroatoms. The van der Waals surface area contributed by atoms with Gasteiger partial charge in [-0.15, -0.1) is 10.2 Å². The van der Waals surface area contributed by atoms with Gasteiger partial charge >= 0.3 is 0 Å². The second-order valence-corrected chi connectivity index (χ2v) is 8.11. The fraction of sp³-hybridized carbons (Fsp3) is 0.286. The number of carbonyl (C=O) groups excluding carboxylic acids is 3. The largest absolute Gasteiger partial charge is 0.355 e. The number of pyridine rings is 1. The van der Waals surface area contributed by atoms with Crippen LogP contribution in [0.25, 0.3) is 5.65 Å². The van der Waals surface area contributed by atoms with Crippen LogP contribution in [-0.2, 0) is 27.3 Å². The number of aromatic nitrogens is 3. The Morgan fingerprint density at radius 2 is 1.97 bits per heavy atom. The smallest absolute Gasteiger partial charge is 0.291 e. The molecule has 0 radical (unpaired) electrons. The van der Waals surface area contributed by atoms with Gasteiger partial charge in [-0.3, -0.25) is 18.8 Å². The average Bonchev–Trinajstić information content (AvgIpc) is 3.30. The molecule has 0 spiro atoms. The Bertz CT molecular complexity index is 1160. The number of halogens is 2. The first-order valence-corrected chi connectivity index (χ1v) is 10.5. The van der Waals surface area contributed by atoms with E-state index >= 15 is 0 Å². The van der Waals surface area contributed by atoms with Crippen LogP contribution >= 0.6 is 23.2 Å². The number of amides is 2. The van der Waals surface area contributed by atoms with Crippen LogP contribution in [0.15, 0.2) is 42.6 Å². The number of rotatable bonds is 7. The van der Waals surface area contributed by atoms with Crippen LogP contribution in [0.3, 0.4) is 0 Å². The van der Waals surface area contributed by atoms with Gasteiger partial charge in [-0.25, -0.2) is 0 Å². The highest BCUT2D eigenvalue weighted by molar-refractivity contribution is 6.42. The van der Waals surface area contributed by atoms with Crippen LogP contribution in [0.5, 0.6) is 0 Å². The predicted molar refractivity (Wildman–Crippen MR) is 115 cm³/mol. The molecule has 1 aromatic carbocycles. The van der Waals surface area contributed by atoms with Crippen molar-refractivity contribution in [1.29, 1.82) is 0 Å². The van der Waals surface area contributed by atoms with E-state index in [0.717, 1.165) is 5.56 Å². The van der Waals surface area contributed by atoms with Gasteiger partial charge < -0.3 is 10.2 Å². The van der Waals surface area contributed by atoms with Crippen molar-refractivity contribution in [3.05, 3.63) is 64.0 Å². The lowest BCUT2D eigenvalue weighted by atomic mass is 10.1. The molecule has 1 fully saturated rings. The normalized spacial score (nSPS) is 16.3. The highest BCUT2D eigenvalue weighted by Gasteiger charge is 2.43. The molecule has 160 valence electrons. The summed E-state index contributed by atoms with van der Waals surface area (Å²) >= 11 is 11.9. The number of benzene rings is 1. The average molecular weight is 460 g/mol. The Morgan fingerprint density at radius 1 is 1.13 bits per heavy atom. The van der Waals surface area contributed by atoms with Crippen molar-refractivity contribution in [2.24, 2.45) is 5.92 Å². The lowest BCUT2D eigenvalue weighted by Crippen LogP contribution is -2.36. The molecular formula is C21H19Cl2N5O3. The minimum atomic E-state index is -1.02. The van der Waals surface area contributed by atoms with Crippen molar-refractivity contribution in [3.8, 4) is 0 Å². The van der Waals surface area contributed by atoms with E-state index in [1.54, 1.807) is 28.8 Å². The molecule has 1 saturated heterocycles. The second-order valence-electron chi connectivity index (χ2n) is 7.29. The van der Waals surface area contributed by atoms with Gasteiger partial charge in [0, 0.05) is 19.3 Å². The zero-order valence-corrected chi connectivity index (χ0v) is 17.9. The van der Waals surface area contributed by atoms with E-state index in [4.69, 9.17) is 23.2 Å². The summed E-state index contributed by atoms with van der Waals surface area (Å²) in [5, 5.41) is 11.8. The van der Waals surface area contributed by atoms with Crippen molar-refractivity contribution in [1.82, 2.24) is 24.8 Å². The number of hydrogen-bond acceptors (Lipinski definition) is 5. The van der Waals surface area contributed by atoms with Crippen LogP contribution in [0.1, 0.15) is 17.8 Å². The maximum atomic E-state index is 12.5. The molecule has 0 saturated carbocycles. The summed E-state index contributed by atoms with van der Waals surface area (Å²) in [5.41, 5.74) is 1.65. The Hall–Kier alpha value is -2.97. The van der Waals surface area contributed by atoms with Crippen molar-refractivity contribution < 1.29 is 14.4 Å². The molecule has 1 unspecified atom stereocenters. The van der Waals surface area contributed by atoms with Crippen molar-refractivity contribution in [2.75, 3.05) is 13.1 Å². The third kappa shape index (κ3) is 4.55. The van der Waals surface area contributed by atoms with Gasteiger partial charge in [0.2, 0.25) is 11.7 Å². The second kappa shape index (κ2) is 9.03. The predicted octanol–water partition coefficient (Wildman–Crippen LogP) is 2.31. The molecule has 2 aromatic heterocycles. The number of hydrogen-bond donors (Lipinski definition) is 1. The van der Waals surface area contributed by atoms with E-state index in [2.05, 4.69) is 15.5 Å². The Kier molecular flexibility index (Phi) is 6.20. The molecule has 1 N–H and O–H groups in total. The molecule has 0 bridgehead atoms. The maximum absolute atomic E-state index is 12.5. The van der Waals surface area contributed by atoms with Crippen molar-refractivity contribution >= 4 is 46.4 Å². The van der Waals surface area contributed by atoms with Gasteiger partial charge in [0.05, 0.1) is 16.6 Å². The summed E-state index contributed by atoms with van der Waals surface area (Å²) in [6.45, 7) is 0.515. The minimum Gasteiger partial charge on any atom is -0.355 e. The van der Waals surface area contributed by atoms with Gasteiger partial charge in [0.15, 0.2) is 11.5 Å². The summed E-state index contributed by atoms with van der Waals surface area (Å²) in [7, 11) is 0. The molecular weight excluding hydrogens is 441 g/mol. The van der Waals surface area contributed by atoms with Gasteiger partial charge in [0.25, 0.3) is 5.91 Å². The van der Waals surface area contributed by atoms with Crippen molar-refractivity contribution in [2.45, 2.75) is 19.4 Å². The number of nitrogens with zero attached hydrogens (tertiary/aromatic N) is 4. The van der Waals surface area contributed by atoms with Gasteiger partial charge in [-0.05, 0) is 42.7 Å². The Labute approximate surface area is 188 Å². The summed E-state index contributed by atoms with van der Waals surface area (Å²) in [4.78, 5) is 38.6. The Balaban J connectivity index is 1.31. The number of aryl methyl sites for hydroxylation is 1. The van der Waals surface area contributed by atoms with E-state index in [1.165, 1.54) is 4.90 Å². The van der Waals surface area contributed by atoms with Crippen LogP contribution in [0.4, 0.5) is 0 Å². The molecule has 3 aromatic rings. The third-order valence-electron chi connectivity index (χ3n) is 5.18. The molecule has 1 aliphatic heterocycles. The fourth-order valence-corrected chi connectivity index (χ4v) is 3.84. The quantitative estimate of drug-likeness (QED) is 0.332. The highest BCUT2D eigenvalue weighted by atomic mass is 35.5. The molecule has 2 amide bonds. The molecule has 1 atom stereocenters. The summed E-state index contributed by atoms with van der Waals surface area (Å²) in [6.07, 6.45) is 3.14. The molecule has 4 rings (SSSR count). The molecule has 31 heavy (non-hydrogen) atoms. The van der Waals surface area contributed by atoms with E-state index in [9.17, 15) is 14.4 Å². The lowest BCUT2D eigenvalue weighted by molar-refractivity contribution is -0.142. The maximum Gasteiger partial charge on any atom is 0.291 e. The first kappa shape index (κ1) is 21.3. The van der Waals surface area contributed by atoms with Crippen LogP contribution in [-0.4, -0.2) is 50.2 Å². The van der Waals surface area contributed by atoms with E-state index in [0.29, 0.717) is 40.9 Å². The SMILES string of the molecule is O=C(NCCCc1ccc(Cl)c(Cl)c1)C1CN(Cc2nnc3ccccn23)C(=O)C1=O. The zero-order valence-electron chi connectivity index (χ0n) is 16.4. The summed E-state index contributed by atoms with van der Waals surface area (Å²) in [5.74, 6) is -2.31. The summed E-state index contributed by atoms with van der Waals surface area (Å²) in [6, 6.07) is 10.8. The number of Topliss-reactive ketones (excluding diaryl/α,β-unsaturated/α-hetero) is 1. The van der Waals surface area contributed by atoms with Gasteiger partial charge in [-0.1, -0.05) is 35.3 Å². The standard InChI is InChI=1S/C21H19Cl2N5O3/c22-15-7-6-13(10-16(15)23)4-3-8-24-20(30)14-11-27(21(31)19(14)29)12-18-26-25-17-5-1-2-9-28(17)18/h1-2,5-7,9-10,14H,3-4,8,11-12H2,(H,24,30). The highest BCUT2D eigenvalue weighted by Crippen LogP contribution is 2.23. The topological polar surface area (TPSA) is 96.7 Å². The van der Waals surface area contributed by atoms with Gasteiger partial charge in [-0.2, -0.15) is 0 Å². The van der Waals surface area contributed by atoms with E-state index in [-0.39, 0.29) is 13.1 Å². The monoisotopic (exact) mass is 459 g/mol. The molecule has 8 nitrogen and oxygen atoms in total. The third-order valence-corrected chi connectivity index (χ3v) is 5.92. The zero-order chi connectivity index (χ0) is 22.0. The number of carbonyl (C=O) groups is 3. The first-order chi connectivity index (χ1) is 14.9. The van der Waals surface area contributed by atoms with E-state index in [1.807, 2.05) is 18.2 Å². The number of ketones is 1. The first-order valence-electron chi connectivity index (χ1n) is 9.77. The van der Waals surface area contributed by atoms with Gasteiger partial charge in [0.1, 0.15) is 5.92 Å². The number of fused-ring (bicyclic) bond motifs is 1. The van der Waals surface area contributed by atoms with E-state index < -0.39 is 23.5 Å². The van der Waals surface area contributed by atoms with Crippen LogP contribution in [0.2, 0.25) is 10.0 Å². The molecule has 3 heterocycles. The number of nitrogens with one attached hydrogen (secondary N) is 1. The Morgan fingerprint density at radius 3 is 2.77 bits per heavy atom. The van der Waals surface area contributed by atoms with Crippen LogP contribution in [0, 0.1) is 5.92 Å². The molecule has 0 aliphatic carbocycles.